The number of hydrogen-bond acceptors (Lipinski definition) is 6. The first-order valence-corrected chi connectivity index (χ1v) is 17.4. The van der Waals surface area contributed by atoms with Gasteiger partial charge in [-0.25, -0.2) is 4.90 Å². The highest BCUT2D eigenvalue weighted by Crippen LogP contribution is 2.65. The molecule has 0 bridgehead atoms. The molecule has 0 aromatic heterocycles. The van der Waals surface area contributed by atoms with Crippen LogP contribution in [0.15, 0.2) is 109 Å². The predicted octanol–water partition coefficient (Wildman–Crippen LogP) is 7.46. The van der Waals surface area contributed by atoms with E-state index in [1.165, 1.54) is 15.9 Å². The first-order chi connectivity index (χ1) is 24.2. The van der Waals surface area contributed by atoms with Crippen LogP contribution in [0, 0.1) is 23.7 Å². The number of halogens is 2. The van der Waals surface area contributed by atoms with Crippen LogP contribution in [0.1, 0.15) is 36.8 Å². The topological polar surface area (TPSA) is 104 Å². The molecule has 2 heterocycles. The first-order valence-electron chi connectivity index (χ1n) is 16.6. The van der Waals surface area contributed by atoms with Crippen LogP contribution in [0.2, 0.25) is 10.0 Å². The van der Waals surface area contributed by atoms with Crippen LogP contribution >= 0.6 is 23.2 Å². The van der Waals surface area contributed by atoms with Gasteiger partial charge in [0.1, 0.15) is 0 Å². The largest absolute Gasteiger partial charge is 0.504 e. The van der Waals surface area contributed by atoms with Crippen molar-refractivity contribution in [3.05, 3.63) is 130 Å². The quantitative estimate of drug-likeness (QED) is 0.165. The molecule has 50 heavy (non-hydrogen) atoms. The fourth-order valence-electron chi connectivity index (χ4n) is 8.94. The average Bonchev–Trinajstić information content (AvgIpc) is 3.51. The number of phenols is 1. The van der Waals surface area contributed by atoms with Crippen LogP contribution in [0.25, 0.3) is 0 Å². The van der Waals surface area contributed by atoms with Gasteiger partial charge in [0, 0.05) is 16.0 Å². The lowest BCUT2D eigenvalue weighted by molar-refractivity contribution is -0.127. The van der Waals surface area contributed by atoms with E-state index in [1.807, 2.05) is 43.3 Å². The van der Waals surface area contributed by atoms with Crippen molar-refractivity contribution < 1.29 is 29.0 Å². The Morgan fingerprint density at radius 2 is 1.54 bits per heavy atom. The van der Waals surface area contributed by atoms with Crippen molar-refractivity contribution in [1.29, 1.82) is 0 Å². The van der Waals surface area contributed by atoms with Gasteiger partial charge in [-0.1, -0.05) is 77.3 Å². The monoisotopic (exact) mass is 706 g/mol. The number of rotatable bonds is 6. The van der Waals surface area contributed by atoms with Crippen molar-refractivity contribution in [2.75, 3.05) is 16.4 Å². The van der Waals surface area contributed by atoms with Crippen LogP contribution in [0.4, 0.5) is 11.4 Å². The molecule has 0 radical (unpaired) electrons. The van der Waals surface area contributed by atoms with Crippen molar-refractivity contribution in [2.24, 2.45) is 23.7 Å². The highest BCUT2D eigenvalue weighted by Gasteiger charge is 2.70. The second-order valence-corrected chi connectivity index (χ2v) is 14.1. The maximum Gasteiger partial charge on any atom is 0.246 e. The molecular weight excluding hydrogens is 675 g/mol. The Labute approximate surface area is 298 Å². The Kier molecular flexibility index (Phi) is 7.84. The third kappa shape index (κ3) is 4.65. The zero-order valence-corrected chi connectivity index (χ0v) is 28.5. The van der Waals surface area contributed by atoms with Gasteiger partial charge in [-0.2, -0.15) is 0 Å². The summed E-state index contributed by atoms with van der Waals surface area (Å²) in [6.45, 7) is 2.10. The van der Waals surface area contributed by atoms with Crippen LogP contribution in [-0.2, 0) is 24.6 Å². The normalized spacial score (nSPS) is 27.2. The van der Waals surface area contributed by atoms with E-state index in [4.69, 9.17) is 27.9 Å². The molecule has 4 aromatic rings. The molecule has 10 heteroatoms. The zero-order valence-electron chi connectivity index (χ0n) is 27.0. The highest BCUT2D eigenvalue weighted by molar-refractivity contribution is 6.32. The molecule has 2 aliphatic carbocycles. The molecule has 2 saturated heterocycles. The summed E-state index contributed by atoms with van der Waals surface area (Å²) in [5.74, 6) is -4.83. The van der Waals surface area contributed by atoms with Gasteiger partial charge in [-0.05, 0) is 91.4 Å². The summed E-state index contributed by atoms with van der Waals surface area (Å²) < 4.78 is 5.82. The molecule has 8 nitrogen and oxygen atoms in total. The smallest absolute Gasteiger partial charge is 0.246 e. The number of benzene rings is 4. The maximum atomic E-state index is 15.3. The fourth-order valence-corrected chi connectivity index (χ4v) is 9.26. The number of imide groups is 2. The number of amides is 4. The molecule has 4 aliphatic rings. The molecule has 8 rings (SSSR count). The molecule has 4 aromatic carbocycles. The van der Waals surface area contributed by atoms with Gasteiger partial charge in [-0.15, -0.1) is 0 Å². The number of allylic oxidation sites excluding steroid dienone is 2. The van der Waals surface area contributed by atoms with E-state index < -0.39 is 46.8 Å². The standard InChI is InChI=1S/C40H32Cl2N2O6/c1-2-50-33-19-22(11-18-32(33)45)35-28-16-17-29-34(38(48)43(36(29)46)26-14-12-24(41)13-15-26)30(28)21-31-37(47)44(27-10-6-9-25(42)20-27)39(49)40(31,35)23-7-4-3-5-8-23/h3-16,18-20,29-31,34-35,45H,2,17,21H2,1H3/t29-,30+,31-,34-,35-,40+/m0/s1. The molecule has 0 unspecified atom stereocenters. The molecule has 2 aliphatic heterocycles. The Balaban J connectivity index is 1.36. The number of nitrogens with zero attached hydrogens (tertiary/aromatic N) is 2. The van der Waals surface area contributed by atoms with E-state index >= 15 is 4.79 Å². The molecular formula is C40H32Cl2N2O6. The maximum absolute atomic E-state index is 15.3. The minimum absolute atomic E-state index is 0.0597. The van der Waals surface area contributed by atoms with Gasteiger partial charge >= 0.3 is 0 Å². The molecule has 1 N–H and O–H groups in total. The lowest BCUT2D eigenvalue weighted by Crippen LogP contribution is -2.53. The first kappa shape index (κ1) is 32.3. The summed E-state index contributed by atoms with van der Waals surface area (Å²) in [6.07, 6.45) is 2.46. The number of phenolic OH excluding ortho intramolecular Hbond substituents is 1. The van der Waals surface area contributed by atoms with Gasteiger partial charge < -0.3 is 9.84 Å². The van der Waals surface area contributed by atoms with Gasteiger partial charge in [0.25, 0.3) is 0 Å². The summed E-state index contributed by atoms with van der Waals surface area (Å²) in [5, 5.41) is 11.6. The second kappa shape index (κ2) is 12.1. The van der Waals surface area contributed by atoms with Gasteiger partial charge in [0.2, 0.25) is 23.6 Å². The van der Waals surface area contributed by atoms with Gasteiger partial charge in [-0.3, -0.25) is 24.1 Å². The molecule has 252 valence electrons. The predicted molar refractivity (Wildman–Crippen MR) is 189 cm³/mol. The number of ether oxygens (including phenoxy) is 1. The van der Waals surface area contributed by atoms with Gasteiger partial charge in [0.05, 0.1) is 41.2 Å². The van der Waals surface area contributed by atoms with Crippen LogP contribution in [0.3, 0.4) is 0 Å². The summed E-state index contributed by atoms with van der Waals surface area (Å²) >= 11 is 12.5. The molecule has 1 saturated carbocycles. The number of carbonyl (C=O) groups excluding carboxylic acids is 4. The Morgan fingerprint density at radius 3 is 2.26 bits per heavy atom. The van der Waals surface area contributed by atoms with Gasteiger partial charge in [0.15, 0.2) is 11.5 Å². The third-order valence-corrected chi connectivity index (χ3v) is 11.4. The summed E-state index contributed by atoms with van der Waals surface area (Å²) in [6, 6.07) is 27.6. The van der Waals surface area contributed by atoms with E-state index in [-0.39, 0.29) is 36.2 Å². The Hall–Kier alpha value is -4.92. The molecule has 4 amide bonds. The SMILES string of the molecule is CCOc1cc([C@H]2C3=CC[C@@H]4C(=O)N(c5ccc(Cl)cc5)C(=O)[C@@H]4[C@@H]3C[C@H]3C(=O)N(c4cccc(Cl)c4)C(=O)[C@@]23c2ccccc2)ccc1O. The van der Waals surface area contributed by atoms with Crippen molar-refractivity contribution in [3.8, 4) is 11.5 Å². The number of fused-ring (bicyclic) bond motifs is 4. The lowest BCUT2D eigenvalue weighted by atomic mass is 9.49. The third-order valence-electron chi connectivity index (χ3n) is 10.9. The van der Waals surface area contributed by atoms with Crippen molar-refractivity contribution in [2.45, 2.75) is 31.1 Å². The fraction of sp³-hybridized carbons (Fsp3) is 0.250. The molecule has 6 atom stereocenters. The van der Waals surface area contributed by atoms with Crippen molar-refractivity contribution >= 4 is 58.2 Å². The minimum atomic E-state index is -1.43. The minimum Gasteiger partial charge on any atom is -0.504 e. The van der Waals surface area contributed by atoms with E-state index in [0.29, 0.717) is 39.2 Å². The summed E-state index contributed by atoms with van der Waals surface area (Å²) in [4.78, 5) is 61.1. The van der Waals surface area contributed by atoms with E-state index in [1.54, 1.807) is 60.7 Å². The van der Waals surface area contributed by atoms with Crippen LogP contribution in [0.5, 0.6) is 11.5 Å². The highest BCUT2D eigenvalue weighted by atomic mass is 35.5. The number of aromatic hydroxyl groups is 1. The number of hydrogen-bond donors (Lipinski definition) is 1. The second-order valence-electron chi connectivity index (χ2n) is 13.2. The van der Waals surface area contributed by atoms with E-state index in [0.717, 1.165) is 5.57 Å². The van der Waals surface area contributed by atoms with E-state index in [9.17, 15) is 19.5 Å². The zero-order chi connectivity index (χ0) is 34.9. The number of carbonyl (C=O) groups is 4. The Bertz CT molecular complexity index is 2100. The molecule has 0 spiro atoms. The van der Waals surface area contributed by atoms with Crippen molar-refractivity contribution in [1.82, 2.24) is 0 Å². The van der Waals surface area contributed by atoms with Crippen LogP contribution in [-0.4, -0.2) is 35.3 Å². The average molecular weight is 708 g/mol. The van der Waals surface area contributed by atoms with E-state index in [2.05, 4.69) is 0 Å². The summed E-state index contributed by atoms with van der Waals surface area (Å²) in [7, 11) is 0. The number of anilines is 2. The molecule has 3 fully saturated rings. The van der Waals surface area contributed by atoms with Crippen molar-refractivity contribution in [3.63, 3.8) is 0 Å². The van der Waals surface area contributed by atoms with Crippen LogP contribution < -0.4 is 14.5 Å². The Morgan fingerprint density at radius 1 is 0.780 bits per heavy atom. The lowest BCUT2D eigenvalue weighted by Gasteiger charge is -2.50. The summed E-state index contributed by atoms with van der Waals surface area (Å²) in [5.41, 5.74) is 1.47.